The molecule has 2 aliphatic rings. The minimum absolute atomic E-state index is 0.00470. The molecule has 2 bridgehead atoms. The van der Waals surface area contributed by atoms with Crippen molar-refractivity contribution in [2.75, 3.05) is 0 Å². The molecule has 27 heavy (non-hydrogen) atoms. The second-order valence-electron chi connectivity index (χ2n) is 7.72. The van der Waals surface area contributed by atoms with Crippen LogP contribution in [0.1, 0.15) is 47.2 Å². The van der Waals surface area contributed by atoms with Gasteiger partial charge in [-0.25, -0.2) is 4.39 Å². The van der Waals surface area contributed by atoms with Crippen molar-refractivity contribution >= 4 is 5.78 Å². The molecule has 0 aromatic heterocycles. The fourth-order valence-electron chi connectivity index (χ4n) is 4.72. The first kappa shape index (κ1) is 17.9. The first-order valence-corrected chi connectivity index (χ1v) is 9.65. The molecule has 0 aliphatic carbocycles. The molecule has 0 N–H and O–H groups in total. The molecule has 3 nitrogen and oxygen atoms in total. The molecule has 2 fully saturated rings. The Morgan fingerprint density at radius 2 is 1.81 bits per heavy atom. The smallest absolute Gasteiger partial charge is 0.166 e. The highest BCUT2D eigenvalue weighted by Crippen LogP contribution is 2.40. The number of nitrogens with zero attached hydrogens (tertiary/aromatic N) is 2. The van der Waals surface area contributed by atoms with Gasteiger partial charge in [-0.1, -0.05) is 30.3 Å². The third-order valence-corrected chi connectivity index (χ3v) is 6.06. The number of fused-ring (bicyclic) bond motifs is 2. The summed E-state index contributed by atoms with van der Waals surface area (Å²) in [6, 6.07) is 17.8. The van der Waals surface area contributed by atoms with Gasteiger partial charge in [-0.2, -0.15) is 5.26 Å². The topological polar surface area (TPSA) is 44.1 Å². The Morgan fingerprint density at radius 3 is 2.48 bits per heavy atom. The van der Waals surface area contributed by atoms with Gasteiger partial charge in [0.15, 0.2) is 5.78 Å². The highest BCUT2D eigenvalue weighted by molar-refractivity contribution is 5.98. The number of Topliss-reactive ketones (excluding diaryl/α,β-unsaturated/α-hetero) is 1. The SMILES string of the molecule is N#CCc1cc(C(=O)C2CC3CCC(C2)N3Cc2ccccc2)ccc1F. The standard InChI is InChI=1S/C23H23FN2O/c24-22-9-6-18(12-17(22)10-11-25)23(27)19-13-20-7-8-21(14-19)26(20)15-16-4-2-1-3-5-16/h1-6,9,12,19-21H,7-8,10,13-15H2. The molecule has 2 aromatic carbocycles. The van der Waals surface area contributed by atoms with E-state index < -0.39 is 5.82 Å². The molecular weight excluding hydrogens is 339 g/mol. The fourth-order valence-corrected chi connectivity index (χ4v) is 4.72. The normalized spacial score (nSPS) is 24.5. The number of hydrogen-bond acceptors (Lipinski definition) is 3. The summed E-state index contributed by atoms with van der Waals surface area (Å²) in [6.07, 6.45) is 4.02. The molecule has 2 aromatic rings. The number of piperidine rings is 1. The van der Waals surface area contributed by atoms with Crippen LogP contribution in [-0.4, -0.2) is 22.8 Å². The third-order valence-electron chi connectivity index (χ3n) is 6.06. The molecule has 2 saturated heterocycles. The monoisotopic (exact) mass is 362 g/mol. The predicted octanol–water partition coefficient (Wildman–Crippen LogP) is 4.52. The summed E-state index contributed by atoms with van der Waals surface area (Å²) in [5, 5.41) is 8.84. The molecule has 0 saturated carbocycles. The molecular formula is C23H23FN2O. The highest BCUT2D eigenvalue weighted by atomic mass is 19.1. The summed E-state index contributed by atoms with van der Waals surface area (Å²) in [5.41, 5.74) is 2.18. The maximum absolute atomic E-state index is 13.8. The Hall–Kier alpha value is -2.51. The van der Waals surface area contributed by atoms with Gasteiger partial charge in [0.2, 0.25) is 0 Å². The Kier molecular flexibility index (Phi) is 5.05. The Balaban J connectivity index is 1.47. The van der Waals surface area contributed by atoms with Crippen LogP contribution in [0.25, 0.3) is 0 Å². The van der Waals surface area contributed by atoms with Crippen LogP contribution in [0.15, 0.2) is 48.5 Å². The lowest BCUT2D eigenvalue weighted by Gasteiger charge is -2.38. The van der Waals surface area contributed by atoms with E-state index in [4.69, 9.17) is 5.26 Å². The maximum atomic E-state index is 13.8. The highest BCUT2D eigenvalue weighted by Gasteiger charge is 2.42. The van der Waals surface area contributed by atoms with Crippen LogP contribution in [0.4, 0.5) is 4.39 Å². The van der Waals surface area contributed by atoms with Crippen molar-refractivity contribution in [3.05, 3.63) is 71.0 Å². The molecule has 138 valence electrons. The van der Waals surface area contributed by atoms with E-state index in [1.165, 1.54) is 11.6 Å². The van der Waals surface area contributed by atoms with Crippen LogP contribution in [0.3, 0.4) is 0 Å². The van der Waals surface area contributed by atoms with Crippen molar-refractivity contribution in [1.29, 1.82) is 5.26 Å². The maximum Gasteiger partial charge on any atom is 0.166 e. The lowest BCUT2D eigenvalue weighted by atomic mass is 9.84. The van der Waals surface area contributed by atoms with Gasteiger partial charge < -0.3 is 0 Å². The van der Waals surface area contributed by atoms with Crippen molar-refractivity contribution in [2.24, 2.45) is 5.92 Å². The fraction of sp³-hybridized carbons (Fsp3) is 0.391. The summed E-state index contributed by atoms with van der Waals surface area (Å²) in [6.45, 7) is 0.944. The number of carbonyl (C=O) groups is 1. The van der Waals surface area contributed by atoms with Gasteiger partial charge >= 0.3 is 0 Å². The zero-order valence-corrected chi connectivity index (χ0v) is 15.3. The minimum atomic E-state index is -0.411. The molecule has 4 rings (SSSR count). The second-order valence-corrected chi connectivity index (χ2v) is 7.72. The first-order chi connectivity index (χ1) is 13.2. The number of rotatable bonds is 5. The van der Waals surface area contributed by atoms with Gasteiger partial charge in [0.25, 0.3) is 0 Å². The van der Waals surface area contributed by atoms with Crippen molar-refractivity contribution in [3.63, 3.8) is 0 Å². The molecule has 0 radical (unpaired) electrons. The average molecular weight is 362 g/mol. The summed E-state index contributed by atoms with van der Waals surface area (Å²) < 4.78 is 13.8. The van der Waals surface area contributed by atoms with Gasteiger partial charge in [0.05, 0.1) is 12.5 Å². The zero-order chi connectivity index (χ0) is 18.8. The van der Waals surface area contributed by atoms with E-state index in [0.29, 0.717) is 23.2 Å². The number of hydrogen-bond donors (Lipinski definition) is 0. The summed E-state index contributed by atoms with van der Waals surface area (Å²) in [7, 11) is 0. The van der Waals surface area contributed by atoms with E-state index in [-0.39, 0.29) is 18.1 Å². The molecule has 2 aliphatic heterocycles. The van der Waals surface area contributed by atoms with Crippen LogP contribution in [0.2, 0.25) is 0 Å². The molecule has 0 spiro atoms. The van der Waals surface area contributed by atoms with Crippen molar-refractivity contribution in [2.45, 2.75) is 50.7 Å². The van der Waals surface area contributed by atoms with Crippen molar-refractivity contribution in [1.82, 2.24) is 4.90 Å². The van der Waals surface area contributed by atoms with Crippen LogP contribution in [0, 0.1) is 23.1 Å². The molecule has 4 heteroatoms. The number of benzene rings is 2. The molecule has 2 unspecified atom stereocenters. The first-order valence-electron chi connectivity index (χ1n) is 9.65. The van der Waals surface area contributed by atoms with Gasteiger partial charge in [0.1, 0.15) is 5.82 Å². The van der Waals surface area contributed by atoms with Crippen LogP contribution >= 0.6 is 0 Å². The lowest BCUT2D eigenvalue weighted by Crippen LogP contribution is -2.44. The van der Waals surface area contributed by atoms with E-state index >= 15 is 0 Å². The lowest BCUT2D eigenvalue weighted by molar-refractivity contribution is 0.0678. The Morgan fingerprint density at radius 1 is 1.11 bits per heavy atom. The quantitative estimate of drug-likeness (QED) is 0.735. The summed E-state index contributed by atoms with van der Waals surface area (Å²) in [5.74, 6) is -0.314. The second kappa shape index (κ2) is 7.62. The predicted molar refractivity (Wildman–Crippen MR) is 102 cm³/mol. The van der Waals surface area contributed by atoms with E-state index in [1.54, 1.807) is 12.1 Å². The molecule has 2 atom stereocenters. The average Bonchev–Trinajstić information content (AvgIpc) is 2.91. The van der Waals surface area contributed by atoms with E-state index in [9.17, 15) is 9.18 Å². The number of nitriles is 1. The number of carbonyl (C=O) groups excluding carboxylic acids is 1. The Labute approximate surface area is 159 Å². The number of halogens is 1. The number of ketones is 1. The Bertz CT molecular complexity index is 860. The van der Waals surface area contributed by atoms with Gasteiger partial charge in [0, 0.05) is 35.7 Å². The molecule has 2 heterocycles. The van der Waals surface area contributed by atoms with E-state index in [0.717, 1.165) is 32.2 Å². The van der Waals surface area contributed by atoms with Crippen LogP contribution in [0.5, 0.6) is 0 Å². The van der Waals surface area contributed by atoms with Gasteiger partial charge in [-0.15, -0.1) is 0 Å². The van der Waals surface area contributed by atoms with Crippen molar-refractivity contribution < 1.29 is 9.18 Å². The largest absolute Gasteiger partial charge is 0.294 e. The minimum Gasteiger partial charge on any atom is -0.294 e. The zero-order valence-electron chi connectivity index (χ0n) is 15.3. The van der Waals surface area contributed by atoms with Crippen LogP contribution < -0.4 is 0 Å². The third kappa shape index (κ3) is 3.65. The van der Waals surface area contributed by atoms with E-state index in [1.807, 2.05) is 12.1 Å². The van der Waals surface area contributed by atoms with Crippen LogP contribution in [-0.2, 0) is 13.0 Å². The van der Waals surface area contributed by atoms with Gasteiger partial charge in [-0.3, -0.25) is 9.69 Å². The summed E-state index contributed by atoms with van der Waals surface area (Å²) >= 11 is 0. The molecule has 0 amide bonds. The van der Waals surface area contributed by atoms with Gasteiger partial charge in [-0.05, 0) is 49.4 Å². The summed E-state index contributed by atoms with van der Waals surface area (Å²) in [4.78, 5) is 15.6. The van der Waals surface area contributed by atoms with E-state index in [2.05, 4.69) is 29.2 Å². The van der Waals surface area contributed by atoms with Crippen molar-refractivity contribution in [3.8, 4) is 6.07 Å².